The number of amides is 1. The highest BCUT2D eigenvalue weighted by Gasteiger charge is 2.33. The zero-order valence-corrected chi connectivity index (χ0v) is 18.6. The van der Waals surface area contributed by atoms with Crippen LogP contribution in [0.5, 0.6) is 0 Å². The van der Waals surface area contributed by atoms with Crippen molar-refractivity contribution < 1.29 is 14.1 Å². The molecule has 1 atom stereocenters. The van der Waals surface area contributed by atoms with E-state index in [1.807, 2.05) is 16.8 Å². The molecule has 8 nitrogen and oxygen atoms in total. The number of fused-ring (bicyclic) bond motifs is 1. The number of hydrogen-bond donors (Lipinski definition) is 1. The molecule has 1 aromatic carbocycles. The number of ketones is 1. The number of hydrogen-bond acceptors (Lipinski definition) is 5. The second-order valence-corrected chi connectivity index (χ2v) is 8.50. The van der Waals surface area contributed by atoms with Crippen molar-refractivity contribution in [3.63, 3.8) is 0 Å². The number of Topliss-reactive ketones (excluding diaryl/α,β-unsaturated/α-hetero) is 1. The van der Waals surface area contributed by atoms with E-state index in [1.165, 1.54) is 6.07 Å². The summed E-state index contributed by atoms with van der Waals surface area (Å²) < 4.78 is 6.81. The molecule has 4 rings (SSSR count). The Bertz CT molecular complexity index is 1160. The Morgan fingerprint density at radius 1 is 1.25 bits per heavy atom. The van der Waals surface area contributed by atoms with Crippen LogP contribution in [0.1, 0.15) is 54.9 Å². The van der Waals surface area contributed by atoms with Gasteiger partial charge in [0, 0.05) is 36.0 Å². The molecule has 0 bridgehead atoms. The number of unbranched alkanes of at least 4 members (excludes halogenated alkanes) is 1. The summed E-state index contributed by atoms with van der Waals surface area (Å²) in [5, 5.41) is 7.57. The first-order valence-electron chi connectivity index (χ1n) is 10.8. The van der Waals surface area contributed by atoms with Gasteiger partial charge in [0.05, 0.1) is 18.3 Å². The fourth-order valence-corrected chi connectivity index (χ4v) is 4.09. The number of aryl methyl sites for hydroxylation is 1. The van der Waals surface area contributed by atoms with Crippen LogP contribution >= 0.6 is 11.6 Å². The molecule has 1 unspecified atom stereocenters. The van der Waals surface area contributed by atoms with Gasteiger partial charge >= 0.3 is 0 Å². The summed E-state index contributed by atoms with van der Waals surface area (Å²) in [6, 6.07) is 10.5. The Kier molecular flexibility index (Phi) is 6.60. The number of carbonyl (C=O) groups excluding carboxylic acids is 2. The maximum Gasteiger partial charge on any atom is 0.280 e. The Hall–Kier alpha value is -3.13. The van der Waals surface area contributed by atoms with E-state index in [0.717, 1.165) is 24.8 Å². The molecule has 0 aliphatic carbocycles. The van der Waals surface area contributed by atoms with E-state index >= 15 is 0 Å². The minimum atomic E-state index is -0.331. The predicted molar refractivity (Wildman–Crippen MR) is 120 cm³/mol. The van der Waals surface area contributed by atoms with Crippen LogP contribution in [-0.2, 0) is 11.2 Å². The third-order valence-corrected chi connectivity index (χ3v) is 5.89. The first kappa shape index (κ1) is 22.1. The quantitative estimate of drug-likeness (QED) is 0.526. The Morgan fingerprint density at radius 3 is 2.72 bits per heavy atom. The van der Waals surface area contributed by atoms with Gasteiger partial charge < -0.3 is 9.42 Å². The summed E-state index contributed by atoms with van der Waals surface area (Å²) in [6.45, 7) is 2.59. The second kappa shape index (κ2) is 9.56. The van der Waals surface area contributed by atoms with E-state index in [4.69, 9.17) is 21.2 Å². The van der Waals surface area contributed by atoms with Crippen LogP contribution in [0.3, 0.4) is 0 Å². The van der Waals surface area contributed by atoms with Crippen molar-refractivity contribution in [1.29, 1.82) is 0 Å². The lowest BCUT2D eigenvalue weighted by atomic mass is 10.1. The normalized spacial score (nSPS) is 15.8. The number of halogens is 1. The zero-order chi connectivity index (χ0) is 22.7. The Morgan fingerprint density at radius 2 is 2.03 bits per heavy atom. The van der Waals surface area contributed by atoms with Gasteiger partial charge in [0.15, 0.2) is 5.78 Å². The standard InChI is InChI=1S/C23H25ClN4O4/c1-2-3-4-17-13-27(14-18(29)9-10-19-11-22(30)26-32-19)23(31)21-12-20(25-28(17)21)15-5-7-16(24)8-6-15/h5-8,11-12,17H,2-4,9-10,13-14H2,1H3,(H,26,30). The van der Waals surface area contributed by atoms with Crippen LogP contribution in [0.25, 0.3) is 11.3 Å². The molecule has 168 valence electrons. The van der Waals surface area contributed by atoms with Crippen LogP contribution in [0.4, 0.5) is 0 Å². The van der Waals surface area contributed by atoms with Crippen molar-refractivity contribution in [3.8, 4) is 11.3 Å². The number of benzene rings is 1. The molecule has 0 fully saturated rings. The van der Waals surface area contributed by atoms with Gasteiger partial charge in [0.2, 0.25) is 0 Å². The lowest BCUT2D eigenvalue weighted by Gasteiger charge is -2.33. The third-order valence-electron chi connectivity index (χ3n) is 5.64. The number of aromatic amines is 1. The lowest BCUT2D eigenvalue weighted by Crippen LogP contribution is -2.45. The van der Waals surface area contributed by atoms with Gasteiger partial charge in [-0.15, -0.1) is 0 Å². The van der Waals surface area contributed by atoms with E-state index in [0.29, 0.717) is 35.1 Å². The lowest BCUT2D eigenvalue weighted by molar-refractivity contribution is -0.120. The highest BCUT2D eigenvalue weighted by Crippen LogP contribution is 2.29. The molecule has 32 heavy (non-hydrogen) atoms. The second-order valence-electron chi connectivity index (χ2n) is 8.07. The van der Waals surface area contributed by atoms with Gasteiger partial charge in [0.25, 0.3) is 11.5 Å². The van der Waals surface area contributed by atoms with E-state index in [-0.39, 0.29) is 36.3 Å². The first-order chi connectivity index (χ1) is 15.4. The molecule has 1 amide bonds. The van der Waals surface area contributed by atoms with E-state index < -0.39 is 0 Å². The highest BCUT2D eigenvalue weighted by molar-refractivity contribution is 6.30. The van der Waals surface area contributed by atoms with Crippen LogP contribution in [0.15, 0.2) is 45.7 Å². The first-order valence-corrected chi connectivity index (χ1v) is 11.2. The molecule has 0 saturated heterocycles. The molecular weight excluding hydrogens is 432 g/mol. The molecule has 1 aliphatic heterocycles. The van der Waals surface area contributed by atoms with Gasteiger partial charge in [-0.2, -0.15) is 10.3 Å². The molecule has 0 spiro atoms. The van der Waals surface area contributed by atoms with Crippen molar-refractivity contribution in [3.05, 3.63) is 63.2 Å². The van der Waals surface area contributed by atoms with Crippen LogP contribution < -0.4 is 5.56 Å². The number of nitrogens with one attached hydrogen (secondary N) is 1. The van der Waals surface area contributed by atoms with Crippen LogP contribution in [-0.4, -0.2) is 44.6 Å². The van der Waals surface area contributed by atoms with Crippen LogP contribution in [0.2, 0.25) is 5.02 Å². The maximum absolute atomic E-state index is 13.2. The van der Waals surface area contributed by atoms with Gasteiger partial charge in [-0.3, -0.25) is 19.1 Å². The fraction of sp³-hybridized carbons (Fsp3) is 0.391. The number of aromatic nitrogens is 3. The largest absolute Gasteiger partial charge is 0.384 e. The average molecular weight is 457 g/mol. The number of H-pyrrole nitrogens is 1. The highest BCUT2D eigenvalue weighted by atomic mass is 35.5. The van der Waals surface area contributed by atoms with E-state index in [2.05, 4.69) is 12.1 Å². The summed E-state index contributed by atoms with van der Waals surface area (Å²) >= 11 is 6.00. The molecule has 0 saturated carbocycles. The fourth-order valence-electron chi connectivity index (χ4n) is 3.96. The van der Waals surface area contributed by atoms with Crippen LogP contribution in [0, 0.1) is 0 Å². The summed E-state index contributed by atoms with van der Waals surface area (Å²) in [5.74, 6) is 0.147. The summed E-state index contributed by atoms with van der Waals surface area (Å²) in [6.07, 6.45) is 3.42. The van der Waals surface area contributed by atoms with Gasteiger partial charge in [-0.1, -0.05) is 43.5 Å². The molecular formula is C23H25ClN4O4. The molecule has 0 radical (unpaired) electrons. The molecule has 1 N–H and O–H groups in total. The monoisotopic (exact) mass is 456 g/mol. The predicted octanol–water partition coefficient (Wildman–Crippen LogP) is 3.87. The van der Waals surface area contributed by atoms with Crippen molar-refractivity contribution in [1.82, 2.24) is 19.8 Å². The third kappa shape index (κ3) is 4.85. The van der Waals surface area contributed by atoms with Crippen molar-refractivity contribution in [2.45, 2.75) is 45.1 Å². The Balaban J connectivity index is 1.52. The minimum absolute atomic E-state index is 0.0131. The topological polar surface area (TPSA) is 101 Å². The smallest absolute Gasteiger partial charge is 0.280 e. The molecule has 3 heterocycles. The van der Waals surface area contributed by atoms with Gasteiger partial charge in [-0.25, -0.2) is 0 Å². The van der Waals surface area contributed by atoms with Crippen molar-refractivity contribution >= 4 is 23.3 Å². The molecule has 2 aromatic heterocycles. The molecule has 9 heteroatoms. The SMILES string of the molecule is CCCCC1CN(CC(=O)CCc2cc(=O)[nH]o2)C(=O)c2cc(-c3ccc(Cl)cc3)nn21. The average Bonchev–Trinajstić information content (AvgIpc) is 3.41. The zero-order valence-electron chi connectivity index (χ0n) is 17.8. The molecule has 1 aliphatic rings. The molecule has 3 aromatic rings. The maximum atomic E-state index is 13.2. The summed E-state index contributed by atoms with van der Waals surface area (Å²) in [4.78, 5) is 38.5. The minimum Gasteiger partial charge on any atom is -0.384 e. The van der Waals surface area contributed by atoms with Crippen molar-refractivity contribution in [2.24, 2.45) is 0 Å². The van der Waals surface area contributed by atoms with E-state index in [9.17, 15) is 14.4 Å². The van der Waals surface area contributed by atoms with Gasteiger partial charge in [0.1, 0.15) is 11.5 Å². The number of nitrogens with zero attached hydrogens (tertiary/aromatic N) is 3. The van der Waals surface area contributed by atoms with E-state index in [1.54, 1.807) is 23.1 Å². The number of carbonyl (C=O) groups is 2. The van der Waals surface area contributed by atoms with Gasteiger partial charge in [-0.05, 0) is 24.6 Å². The van der Waals surface area contributed by atoms with Crippen molar-refractivity contribution in [2.75, 3.05) is 13.1 Å². The Labute approximate surface area is 190 Å². The summed E-state index contributed by atoms with van der Waals surface area (Å²) in [5.41, 5.74) is 1.75. The number of rotatable bonds is 9. The summed E-state index contributed by atoms with van der Waals surface area (Å²) in [7, 11) is 0.